The predicted molar refractivity (Wildman–Crippen MR) is 81.3 cm³/mol. The average Bonchev–Trinajstić information content (AvgIpc) is 2.46. The Morgan fingerprint density at radius 2 is 1.75 bits per heavy atom. The highest BCUT2D eigenvalue weighted by atomic mass is 16.4. The van der Waals surface area contributed by atoms with Crippen molar-refractivity contribution in [1.82, 2.24) is 0 Å². The van der Waals surface area contributed by atoms with Crippen molar-refractivity contribution < 1.29 is 19.8 Å². The SMILES string of the molecule is C.[3H]OC(=O)CC(C)C.[3H]OC(=O)c1ccccc1C(C)C. The lowest BCUT2D eigenvalue weighted by Gasteiger charge is -2.07. The lowest BCUT2D eigenvalue weighted by molar-refractivity contribution is -0.137. The molecule has 20 heavy (non-hydrogen) atoms. The highest BCUT2D eigenvalue weighted by Crippen LogP contribution is 2.18. The summed E-state index contributed by atoms with van der Waals surface area (Å²) in [4.78, 5) is 21.3. The molecule has 0 bridgehead atoms. The topological polar surface area (TPSA) is 74.6 Å². The molecule has 4 nitrogen and oxygen atoms in total. The quantitative estimate of drug-likeness (QED) is 0.867. The van der Waals surface area contributed by atoms with Gasteiger partial charge in [-0.15, -0.1) is 0 Å². The molecule has 0 saturated heterocycles. The van der Waals surface area contributed by atoms with E-state index in [0.717, 1.165) is 5.56 Å². The van der Waals surface area contributed by atoms with Gasteiger partial charge in [0.1, 0.15) is 0 Å². The molecule has 1 rings (SSSR count). The van der Waals surface area contributed by atoms with Gasteiger partial charge in [0.05, 0.1) is 5.56 Å². The number of hydrogen-bond donors (Lipinski definition) is 2. The van der Waals surface area contributed by atoms with Gasteiger partial charge in [-0.05, 0) is 23.5 Å². The van der Waals surface area contributed by atoms with Crippen molar-refractivity contribution in [2.75, 3.05) is 0 Å². The van der Waals surface area contributed by atoms with Crippen LogP contribution < -0.4 is 0 Å². The number of rotatable bonds is 4. The molecule has 4 heteroatoms. The lowest BCUT2D eigenvalue weighted by atomic mass is 9.97. The zero-order valence-electron chi connectivity index (χ0n) is 13.8. The molecule has 0 fully saturated rings. The maximum atomic E-state index is 11.1. The first-order valence-electron chi connectivity index (χ1n) is 7.07. The van der Waals surface area contributed by atoms with Crippen molar-refractivity contribution in [3.63, 3.8) is 0 Å². The van der Waals surface area contributed by atoms with Crippen molar-refractivity contribution in [3.05, 3.63) is 35.4 Å². The second-order valence-electron chi connectivity index (χ2n) is 5.00. The summed E-state index contributed by atoms with van der Waals surface area (Å²) >= 11 is 0. The van der Waals surface area contributed by atoms with E-state index >= 15 is 0 Å². The van der Waals surface area contributed by atoms with Crippen LogP contribution in [0.3, 0.4) is 0 Å². The Bertz CT molecular complexity index is 459. The molecule has 114 valence electrons. The number of carboxylic acids is 2. The number of hydrogen-bond acceptors (Lipinski definition) is 4. The number of carbonyl (C=O) groups is 2. The monoisotopic (exact) mass is 286 g/mol. The predicted octanol–water partition coefficient (Wildman–Crippen LogP) is 4.26. The molecule has 0 spiro atoms. The van der Waals surface area contributed by atoms with Gasteiger partial charge in [0.15, 0.2) is 0 Å². The van der Waals surface area contributed by atoms with Gasteiger partial charge >= 0.3 is 11.9 Å². The fourth-order valence-electron chi connectivity index (χ4n) is 1.52. The molecule has 0 saturated carbocycles. The third-order valence-electron chi connectivity index (χ3n) is 2.38. The maximum Gasteiger partial charge on any atom is 0.335 e. The zero-order chi connectivity index (χ0) is 16.4. The van der Waals surface area contributed by atoms with Crippen LogP contribution in [-0.4, -0.2) is 22.2 Å². The van der Waals surface area contributed by atoms with Crippen molar-refractivity contribution in [2.45, 2.75) is 47.5 Å². The van der Waals surface area contributed by atoms with E-state index in [4.69, 9.17) is 2.86 Å². The summed E-state index contributed by atoms with van der Waals surface area (Å²) in [6.45, 7) is 7.79. The molecule has 1 aromatic rings. The van der Waals surface area contributed by atoms with Crippen molar-refractivity contribution in [1.29, 1.82) is 2.86 Å². The number of benzene rings is 1. The normalized spacial score (nSPS) is 10.5. The van der Waals surface area contributed by atoms with Crippen LogP contribution in [0.25, 0.3) is 2.86 Å². The van der Waals surface area contributed by atoms with Crippen LogP contribution in [0.4, 0.5) is 0 Å². The standard InChI is InChI=1S/C10H12O2.C5H10O2.CH4/c1-7(2)8-5-3-4-6-9(8)10(11)12;1-4(2)3-5(6)7;/h3-7H,1-2H3,(H,11,12);4H,3H2,1-2H3,(H,6,7);1H4/i/hT2. The van der Waals surface area contributed by atoms with Crippen molar-refractivity contribution >= 4 is 11.9 Å². The van der Waals surface area contributed by atoms with Crippen molar-refractivity contribution in [2.24, 2.45) is 5.92 Å². The first kappa shape index (κ1) is 16.2. The van der Waals surface area contributed by atoms with E-state index in [0.29, 0.717) is 12.0 Å². The summed E-state index contributed by atoms with van der Waals surface area (Å²) in [5, 5.41) is 7.61. The van der Waals surface area contributed by atoms with Gasteiger partial charge in [0.25, 0.3) is 2.86 Å². The Morgan fingerprint density at radius 3 is 2.15 bits per heavy atom. The largest absolute Gasteiger partial charge is 0.481 e. The summed E-state index contributed by atoms with van der Waals surface area (Å²) in [7, 11) is 0. The minimum Gasteiger partial charge on any atom is -0.481 e. The van der Waals surface area contributed by atoms with Gasteiger partial charge in [0, 0.05) is 6.42 Å². The summed E-state index contributed by atoms with van der Waals surface area (Å²) < 4.78 is 12.7. The molecule has 0 aliphatic rings. The smallest absolute Gasteiger partial charge is 0.335 e. The Morgan fingerprint density at radius 1 is 1.15 bits per heavy atom. The molecule has 1 aromatic carbocycles. The van der Waals surface area contributed by atoms with Crippen LogP contribution in [0, 0.1) is 5.92 Å². The average molecular weight is 286 g/mol. The van der Waals surface area contributed by atoms with Gasteiger partial charge in [-0.3, -0.25) is 4.79 Å². The van der Waals surface area contributed by atoms with E-state index < -0.39 is 11.9 Å². The summed E-state index contributed by atoms with van der Waals surface area (Å²) in [5.74, 6) is -0.507. The number of aromatic carboxylic acids is 1. The molecule has 0 aliphatic heterocycles. The second-order valence-corrected chi connectivity index (χ2v) is 5.00. The van der Waals surface area contributed by atoms with Crippen LogP contribution >= 0.6 is 0 Å². The highest BCUT2D eigenvalue weighted by molar-refractivity contribution is 5.89. The molecule has 0 radical (unpaired) electrons. The van der Waals surface area contributed by atoms with E-state index in [2.05, 4.69) is 10.2 Å². The highest BCUT2D eigenvalue weighted by Gasteiger charge is 2.10. The minimum absolute atomic E-state index is 0. The van der Waals surface area contributed by atoms with Crippen LogP contribution in [0.15, 0.2) is 24.3 Å². The van der Waals surface area contributed by atoms with Crippen LogP contribution in [0.2, 0.25) is 0 Å². The Labute approximate surface area is 124 Å². The van der Waals surface area contributed by atoms with Gasteiger partial charge in [0.2, 0.25) is 0 Å². The Kier molecular flexibility index (Phi) is 8.11. The van der Waals surface area contributed by atoms with E-state index in [1.807, 2.05) is 39.8 Å². The van der Waals surface area contributed by atoms with E-state index in [1.54, 1.807) is 12.1 Å². The number of aliphatic carboxylic acids is 1. The molecule has 2 N–H and O–H groups in total. The molecule has 0 amide bonds. The summed E-state index contributed by atoms with van der Waals surface area (Å²) in [6, 6.07) is 7.18. The van der Waals surface area contributed by atoms with E-state index in [9.17, 15) is 9.59 Å². The van der Waals surface area contributed by atoms with Gasteiger partial charge in [-0.2, -0.15) is 0 Å². The first-order valence-corrected chi connectivity index (χ1v) is 6.25. The third kappa shape index (κ3) is 8.29. The first-order chi connectivity index (χ1) is 9.83. The Balaban J connectivity index is 0. The lowest BCUT2D eigenvalue weighted by Crippen LogP contribution is -2.02. The van der Waals surface area contributed by atoms with Crippen LogP contribution in [0.1, 0.15) is 63.4 Å². The van der Waals surface area contributed by atoms with Gasteiger partial charge in [-0.25, -0.2) is 4.79 Å². The Hall–Kier alpha value is -1.84. The molecule has 0 unspecified atom stereocenters. The second kappa shape index (κ2) is 10.0. The van der Waals surface area contributed by atoms with Crippen molar-refractivity contribution in [3.8, 4) is 0 Å². The molecular weight excluding hydrogens is 256 g/mol. The van der Waals surface area contributed by atoms with Crippen LogP contribution in [-0.2, 0) is 4.79 Å². The van der Waals surface area contributed by atoms with Gasteiger partial charge < -0.3 is 10.2 Å². The van der Waals surface area contributed by atoms with Gasteiger partial charge in [-0.1, -0.05) is 53.3 Å². The maximum absolute atomic E-state index is 11.1. The minimum atomic E-state index is -0.593. The number of carboxylic acid groups (broad SMARTS) is 2. The summed E-state index contributed by atoms with van der Waals surface area (Å²) in [5.41, 5.74) is 1.40. The fraction of sp³-hybridized carbons (Fsp3) is 0.500. The molecule has 0 aromatic heterocycles. The van der Waals surface area contributed by atoms with E-state index in [1.165, 1.54) is 0 Å². The third-order valence-corrected chi connectivity index (χ3v) is 2.38. The molecule has 0 atom stereocenters. The molecule has 0 heterocycles. The fourth-order valence-corrected chi connectivity index (χ4v) is 1.52. The van der Waals surface area contributed by atoms with E-state index in [-0.39, 0.29) is 19.3 Å². The molecular formula is C16H26O4. The molecule has 0 aliphatic carbocycles. The summed E-state index contributed by atoms with van der Waals surface area (Å²) in [6.07, 6.45) is 0.337. The van der Waals surface area contributed by atoms with Crippen LogP contribution in [0.5, 0.6) is 0 Å². The zero-order valence-corrected chi connectivity index (χ0v) is 11.8.